The van der Waals surface area contributed by atoms with Gasteiger partial charge in [-0.3, -0.25) is 4.98 Å². The molecule has 0 radical (unpaired) electrons. The van der Waals surface area contributed by atoms with Gasteiger partial charge in [0, 0.05) is 31.7 Å². The molecule has 8 nitrogen and oxygen atoms in total. The Kier molecular flexibility index (Phi) is 5.51. The van der Waals surface area contributed by atoms with Gasteiger partial charge in [-0.25, -0.2) is 9.97 Å². The Labute approximate surface area is 170 Å². The van der Waals surface area contributed by atoms with Crippen LogP contribution in [0.2, 0.25) is 0 Å². The number of nitrogens with zero attached hydrogens (tertiary/aromatic N) is 7. The highest BCUT2D eigenvalue weighted by Gasteiger charge is 2.32. The third kappa shape index (κ3) is 4.50. The number of rotatable bonds is 5. The second-order valence-corrected chi connectivity index (χ2v) is 7.02. The van der Waals surface area contributed by atoms with Crippen LogP contribution in [0, 0.1) is 6.92 Å². The fourth-order valence-corrected chi connectivity index (χ4v) is 3.25. The number of anilines is 1. The maximum atomic E-state index is 12.7. The number of piperidine rings is 1. The minimum Gasteiger partial charge on any atom is -0.485 e. The minimum atomic E-state index is -4.44. The van der Waals surface area contributed by atoms with Crippen LogP contribution in [0.4, 0.5) is 19.1 Å². The van der Waals surface area contributed by atoms with E-state index in [0.717, 1.165) is 30.9 Å². The molecule has 3 aromatic rings. The smallest absolute Gasteiger partial charge is 0.419 e. The summed E-state index contributed by atoms with van der Waals surface area (Å²) in [7, 11) is 0. The van der Waals surface area contributed by atoms with Gasteiger partial charge in [0.1, 0.15) is 18.1 Å². The molecule has 158 valence electrons. The van der Waals surface area contributed by atoms with E-state index in [4.69, 9.17) is 4.74 Å². The molecule has 1 fully saturated rings. The van der Waals surface area contributed by atoms with E-state index in [-0.39, 0.29) is 6.04 Å². The van der Waals surface area contributed by atoms with Crippen LogP contribution in [0.3, 0.4) is 0 Å². The van der Waals surface area contributed by atoms with E-state index in [9.17, 15) is 13.2 Å². The number of pyridine rings is 1. The Balaban J connectivity index is 1.32. The molecule has 4 rings (SSSR count). The van der Waals surface area contributed by atoms with E-state index in [1.165, 1.54) is 0 Å². The maximum absolute atomic E-state index is 12.7. The molecule has 1 aliphatic rings. The molecule has 0 atom stereocenters. The first kappa shape index (κ1) is 20.0. The third-order valence-corrected chi connectivity index (χ3v) is 4.93. The predicted octanol–water partition coefficient (Wildman–Crippen LogP) is 3.21. The molecular formula is C19H20F3N7O. The lowest BCUT2D eigenvalue weighted by atomic mass is 10.1. The van der Waals surface area contributed by atoms with Crippen molar-refractivity contribution in [1.82, 2.24) is 29.9 Å². The van der Waals surface area contributed by atoms with E-state index >= 15 is 0 Å². The summed E-state index contributed by atoms with van der Waals surface area (Å²) >= 11 is 0. The van der Waals surface area contributed by atoms with Crippen LogP contribution in [0.25, 0.3) is 0 Å². The molecule has 0 amide bonds. The average molecular weight is 419 g/mol. The quantitative estimate of drug-likeness (QED) is 0.628. The van der Waals surface area contributed by atoms with Crippen molar-refractivity contribution in [3.8, 4) is 5.75 Å². The summed E-state index contributed by atoms with van der Waals surface area (Å²) in [4.78, 5) is 15.5. The van der Waals surface area contributed by atoms with Crippen molar-refractivity contribution in [2.45, 2.75) is 38.6 Å². The van der Waals surface area contributed by atoms with Crippen LogP contribution < -0.4 is 9.64 Å². The molecule has 0 spiro atoms. The monoisotopic (exact) mass is 419 g/mol. The number of ether oxygens (including phenoxy) is 1. The van der Waals surface area contributed by atoms with E-state index < -0.39 is 11.7 Å². The van der Waals surface area contributed by atoms with Gasteiger partial charge in [0.05, 0.1) is 23.5 Å². The van der Waals surface area contributed by atoms with Gasteiger partial charge in [-0.1, -0.05) is 0 Å². The van der Waals surface area contributed by atoms with Gasteiger partial charge in [0.2, 0.25) is 5.95 Å². The topological polar surface area (TPSA) is 81.9 Å². The van der Waals surface area contributed by atoms with Crippen molar-refractivity contribution in [1.29, 1.82) is 0 Å². The second kappa shape index (κ2) is 8.25. The Bertz CT molecular complexity index is 982. The number of halogens is 3. The fourth-order valence-electron chi connectivity index (χ4n) is 3.25. The van der Waals surface area contributed by atoms with Crippen LogP contribution >= 0.6 is 0 Å². The van der Waals surface area contributed by atoms with Crippen LogP contribution in [-0.4, -0.2) is 43.0 Å². The summed E-state index contributed by atoms with van der Waals surface area (Å²) in [6.07, 6.45) is 2.06. The van der Waals surface area contributed by atoms with Gasteiger partial charge in [-0.15, -0.1) is 0 Å². The summed E-state index contributed by atoms with van der Waals surface area (Å²) in [6, 6.07) is 3.77. The Morgan fingerprint density at radius 1 is 1.10 bits per heavy atom. The molecule has 30 heavy (non-hydrogen) atoms. The van der Waals surface area contributed by atoms with Crippen molar-refractivity contribution in [2.24, 2.45) is 0 Å². The first-order valence-corrected chi connectivity index (χ1v) is 9.49. The Morgan fingerprint density at radius 2 is 1.83 bits per heavy atom. The molecule has 0 bridgehead atoms. The normalized spacial score (nSPS) is 15.4. The van der Waals surface area contributed by atoms with Gasteiger partial charge in [0.25, 0.3) is 0 Å². The van der Waals surface area contributed by atoms with Crippen LogP contribution in [0.5, 0.6) is 5.75 Å². The van der Waals surface area contributed by atoms with Crippen molar-refractivity contribution >= 4 is 5.95 Å². The number of aryl methyl sites for hydroxylation is 1. The number of hydrogen-bond acceptors (Lipinski definition) is 7. The molecule has 0 unspecified atom stereocenters. The molecule has 0 N–H and O–H groups in total. The molecule has 1 saturated heterocycles. The first-order valence-electron chi connectivity index (χ1n) is 9.49. The summed E-state index contributed by atoms with van der Waals surface area (Å²) in [6.45, 7) is 3.39. The van der Waals surface area contributed by atoms with Crippen molar-refractivity contribution < 1.29 is 17.9 Å². The van der Waals surface area contributed by atoms with E-state index in [2.05, 4.69) is 25.1 Å². The zero-order valence-electron chi connectivity index (χ0n) is 16.2. The molecular weight excluding hydrogens is 399 g/mol. The fraction of sp³-hybridized carbons (Fsp3) is 0.421. The van der Waals surface area contributed by atoms with Gasteiger partial charge >= 0.3 is 6.18 Å². The first-order chi connectivity index (χ1) is 14.4. The van der Waals surface area contributed by atoms with E-state index in [0.29, 0.717) is 37.1 Å². The lowest BCUT2D eigenvalue weighted by Gasteiger charge is -2.31. The lowest BCUT2D eigenvalue weighted by molar-refractivity contribution is -0.138. The standard InChI is InChI=1S/C19H20F3N7O/c1-13-17(3-2-6-23-13)30-12-15-11-26-29(27-15)16-4-7-28(8-5-16)18-24-9-14(10-25-18)19(20,21)22/h2-3,6,9-11,16H,4-5,7-8,12H2,1H3. The molecule has 0 aliphatic carbocycles. The van der Waals surface area contributed by atoms with Crippen LogP contribution in [0.1, 0.15) is 35.8 Å². The largest absolute Gasteiger partial charge is 0.485 e. The number of hydrogen-bond donors (Lipinski definition) is 0. The minimum absolute atomic E-state index is 0.101. The van der Waals surface area contributed by atoms with Gasteiger partial charge in [0.15, 0.2) is 0 Å². The molecule has 3 aromatic heterocycles. The highest BCUT2D eigenvalue weighted by atomic mass is 19.4. The summed E-state index contributed by atoms with van der Waals surface area (Å²) in [5.41, 5.74) is 0.674. The molecule has 0 saturated carbocycles. The third-order valence-electron chi connectivity index (χ3n) is 4.93. The van der Waals surface area contributed by atoms with Crippen LogP contribution in [-0.2, 0) is 12.8 Å². The zero-order chi connectivity index (χ0) is 21.1. The maximum Gasteiger partial charge on any atom is 0.419 e. The van der Waals surface area contributed by atoms with Gasteiger partial charge in [-0.05, 0) is 31.9 Å². The lowest BCUT2D eigenvalue weighted by Crippen LogP contribution is -2.36. The Morgan fingerprint density at radius 3 is 2.50 bits per heavy atom. The highest BCUT2D eigenvalue weighted by Crippen LogP contribution is 2.29. The number of alkyl halides is 3. The molecule has 1 aliphatic heterocycles. The van der Waals surface area contributed by atoms with E-state index in [1.54, 1.807) is 17.2 Å². The summed E-state index contributed by atoms with van der Waals surface area (Å²) < 4.78 is 43.7. The van der Waals surface area contributed by atoms with Crippen molar-refractivity contribution in [2.75, 3.05) is 18.0 Å². The SMILES string of the molecule is Cc1ncccc1OCc1cnn(C2CCN(c3ncc(C(F)(F)F)cn3)CC2)n1. The Hall–Kier alpha value is -3.24. The van der Waals surface area contributed by atoms with Crippen molar-refractivity contribution in [3.05, 3.63) is 53.9 Å². The van der Waals surface area contributed by atoms with Crippen molar-refractivity contribution in [3.63, 3.8) is 0 Å². The van der Waals surface area contributed by atoms with E-state index in [1.807, 2.05) is 24.0 Å². The highest BCUT2D eigenvalue weighted by molar-refractivity contribution is 5.31. The summed E-state index contributed by atoms with van der Waals surface area (Å²) in [5, 5.41) is 8.85. The zero-order valence-corrected chi connectivity index (χ0v) is 16.2. The molecule has 0 aromatic carbocycles. The summed E-state index contributed by atoms with van der Waals surface area (Å²) in [5.74, 6) is 1.01. The molecule has 11 heteroatoms. The average Bonchev–Trinajstić information content (AvgIpc) is 3.22. The van der Waals surface area contributed by atoms with Crippen LogP contribution in [0.15, 0.2) is 36.9 Å². The second-order valence-electron chi connectivity index (χ2n) is 7.02. The molecule has 4 heterocycles. The van der Waals surface area contributed by atoms with Gasteiger partial charge in [-0.2, -0.15) is 28.2 Å². The van der Waals surface area contributed by atoms with Gasteiger partial charge < -0.3 is 9.64 Å². The number of aromatic nitrogens is 6. The predicted molar refractivity (Wildman–Crippen MR) is 101 cm³/mol.